The fourth-order valence-electron chi connectivity index (χ4n) is 4.27. The number of nitrogens with one attached hydrogen (secondary N) is 1. The second-order valence-corrected chi connectivity index (χ2v) is 7.07. The highest BCUT2D eigenvalue weighted by molar-refractivity contribution is 5.80. The Balaban J connectivity index is 1.68. The van der Waals surface area contributed by atoms with Gasteiger partial charge in [0.1, 0.15) is 5.75 Å². The molecule has 2 N–H and O–H groups in total. The summed E-state index contributed by atoms with van der Waals surface area (Å²) < 4.78 is 5.63. The molecule has 0 aromatic heterocycles. The SMILES string of the molecule is CCOc1ccccc1C(C)NC(=O)N1C[C@@H]2CCC[C@@]2(C(=O)O)C1. The number of fused-ring (bicyclic) bond motifs is 1. The number of benzene rings is 1. The van der Waals surface area contributed by atoms with Crippen molar-refractivity contribution in [2.75, 3.05) is 19.7 Å². The molecule has 1 aliphatic heterocycles. The summed E-state index contributed by atoms with van der Waals surface area (Å²) in [6.45, 7) is 5.23. The first-order valence-electron chi connectivity index (χ1n) is 8.98. The van der Waals surface area contributed by atoms with Crippen molar-refractivity contribution < 1.29 is 19.4 Å². The maximum Gasteiger partial charge on any atom is 0.317 e. The second-order valence-electron chi connectivity index (χ2n) is 7.07. The van der Waals surface area contributed by atoms with Crippen molar-refractivity contribution in [3.05, 3.63) is 29.8 Å². The van der Waals surface area contributed by atoms with E-state index in [0.717, 1.165) is 24.2 Å². The molecule has 136 valence electrons. The van der Waals surface area contributed by atoms with Gasteiger partial charge in [-0.05, 0) is 38.7 Å². The molecule has 1 aromatic carbocycles. The fraction of sp³-hybridized carbons (Fsp3) is 0.579. The molecular weight excluding hydrogens is 320 g/mol. The lowest BCUT2D eigenvalue weighted by Gasteiger charge is -2.25. The zero-order valence-corrected chi connectivity index (χ0v) is 14.8. The van der Waals surface area contributed by atoms with Gasteiger partial charge < -0.3 is 20.1 Å². The van der Waals surface area contributed by atoms with Crippen LogP contribution in [0.2, 0.25) is 0 Å². The minimum atomic E-state index is -0.764. The number of urea groups is 1. The molecule has 2 aliphatic rings. The molecule has 1 unspecified atom stereocenters. The van der Waals surface area contributed by atoms with Gasteiger partial charge in [-0.2, -0.15) is 0 Å². The number of carboxylic acid groups (broad SMARTS) is 1. The van der Waals surface area contributed by atoms with E-state index in [1.54, 1.807) is 4.90 Å². The molecular formula is C19H26N2O4. The summed E-state index contributed by atoms with van der Waals surface area (Å²) in [6, 6.07) is 7.24. The third-order valence-electron chi connectivity index (χ3n) is 5.61. The van der Waals surface area contributed by atoms with Crippen LogP contribution in [0.4, 0.5) is 4.79 Å². The van der Waals surface area contributed by atoms with Crippen LogP contribution in [-0.4, -0.2) is 41.7 Å². The van der Waals surface area contributed by atoms with Crippen LogP contribution in [0.15, 0.2) is 24.3 Å². The van der Waals surface area contributed by atoms with Crippen molar-refractivity contribution in [2.24, 2.45) is 11.3 Å². The third-order valence-corrected chi connectivity index (χ3v) is 5.61. The predicted octanol–water partition coefficient (Wildman–Crippen LogP) is 3.04. The topological polar surface area (TPSA) is 78.9 Å². The van der Waals surface area contributed by atoms with Crippen molar-refractivity contribution in [3.63, 3.8) is 0 Å². The zero-order valence-electron chi connectivity index (χ0n) is 14.8. The highest BCUT2D eigenvalue weighted by Crippen LogP contribution is 2.48. The van der Waals surface area contributed by atoms with Gasteiger partial charge in [-0.1, -0.05) is 24.6 Å². The van der Waals surface area contributed by atoms with Gasteiger partial charge in [0.15, 0.2) is 0 Å². The van der Waals surface area contributed by atoms with Crippen LogP contribution in [-0.2, 0) is 4.79 Å². The molecule has 3 rings (SSSR count). The highest BCUT2D eigenvalue weighted by Gasteiger charge is 2.55. The van der Waals surface area contributed by atoms with E-state index in [2.05, 4.69) is 5.32 Å². The second kappa shape index (κ2) is 6.94. The van der Waals surface area contributed by atoms with Gasteiger partial charge in [0, 0.05) is 18.7 Å². The molecule has 1 aliphatic carbocycles. The third kappa shape index (κ3) is 3.17. The Kier molecular flexibility index (Phi) is 4.88. The van der Waals surface area contributed by atoms with Crippen molar-refractivity contribution >= 4 is 12.0 Å². The quantitative estimate of drug-likeness (QED) is 0.859. The summed E-state index contributed by atoms with van der Waals surface area (Å²) in [5, 5.41) is 12.7. The van der Waals surface area contributed by atoms with Gasteiger partial charge in [-0.25, -0.2) is 4.79 Å². The van der Waals surface area contributed by atoms with Gasteiger partial charge in [0.25, 0.3) is 0 Å². The number of carboxylic acids is 1. The Labute approximate surface area is 148 Å². The molecule has 1 saturated carbocycles. The minimum absolute atomic E-state index is 0.0711. The molecule has 1 aromatic rings. The van der Waals surface area contributed by atoms with Crippen molar-refractivity contribution in [1.82, 2.24) is 10.2 Å². The maximum absolute atomic E-state index is 12.7. The van der Waals surface area contributed by atoms with E-state index in [1.165, 1.54) is 0 Å². The Morgan fingerprint density at radius 2 is 2.20 bits per heavy atom. The molecule has 6 heteroatoms. The number of para-hydroxylation sites is 1. The largest absolute Gasteiger partial charge is 0.494 e. The van der Waals surface area contributed by atoms with Crippen LogP contribution in [0.3, 0.4) is 0 Å². The van der Waals surface area contributed by atoms with E-state index in [-0.39, 0.29) is 18.0 Å². The summed E-state index contributed by atoms with van der Waals surface area (Å²) in [4.78, 5) is 26.1. The van der Waals surface area contributed by atoms with Crippen LogP contribution in [0.25, 0.3) is 0 Å². The number of aliphatic carboxylic acids is 1. The lowest BCUT2D eigenvalue weighted by molar-refractivity contribution is -0.149. The Hall–Kier alpha value is -2.24. The number of amides is 2. The number of hydrogen-bond donors (Lipinski definition) is 2. The van der Waals surface area contributed by atoms with Gasteiger partial charge in [-0.15, -0.1) is 0 Å². The molecule has 1 heterocycles. The Bertz CT molecular complexity index is 663. The van der Waals surface area contributed by atoms with Gasteiger partial charge in [0.05, 0.1) is 18.1 Å². The lowest BCUT2D eigenvalue weighted by atomic mass is 9.81. The van der Waals surface area contributed by atoms with Crippen LogP contribution < -0.4 is 10.1 Å². The zero-order chi connectivity index (χ0) is 18.0. The van der Waals surface area contributed by atoms with Gasteiger partial charge >= 0.3 is 12.0 Å². The first kappa shape index (κ1) is 17.6. The average Bonchev–Trinajstić information content (AvgIpc) is 3.14. The first-order chi connectivity index (χ1) is 12.0. The molecule has 0 bridgehead atoms. The number of likely N-dealkylation sites (tertiary alicyclic amines) is 1. The summed E-state index contributed by atoms with van der Waals surface area (Å²) in [7, 11) is 0. The van der Waals surface area contributed by atoms with E-state index in [9.17, 15) is 14.7 Å². The van der Waals surface area contributed by atoms with Crippen LogP contribution in [0, 0.1) is 11.3 Å². The fourth-order valence-corrected chi connectivity index (χ4v) is 4.27. The molecule has 2 amide bonds. The number of rotatable bonds is 5. The lowest BCUT2D eigenvalue weighted by Crippen LogP contribution is -2.42. The summed E-state index contributed by atoms with van der Waals surface area (Å²) in [6.07, 6.45) is 2.49. The van der Waals surface area contributed by atoms with Crippen LogP contribution >= 0.6 is 0 Å². The van der Waals surface area contributed by atoms with Gasteiger partial charge in [-0.3, -0.25) is 4.79 Å². The maximum atomic E-state index is 12.7. The van der Waals surface area contributed by atoms with Crippen molar-refractivity contribution in [3.8, 4) is 5.75 Å². The normalized spacial score (nSPS) is 26.2. The standard InChI is InChI=1S/C19H26N2O4/c1-3-25-16-9-5-4-8-15(16)13(2)20-18(24)21-11-14-7-6-10-19(14,12-21)17(22)23/h4-5,8-9,13-14H,3,6-7,10-12H2,1-2H3,(H,20,24)(H,22,23)/t13?,14-,19+/m0/s1. The predicted molar refractivity (Wildman–Crippen MR) is 93.5 cm³/mol. The summed E-state index contributed by atoms with van der Waals surface area (Å²) in [5.41, 5.74) is 0.175. The van der Waals surface area contributed by atoms with Gasteiger partial charge in [0.2, 0.25) is 0 Å². The van der Waals surface area contributed by atoms with E-state index in [0.29, 0.717) is 26.1 Å². The Morgan fingerprint density at radius 3 is 2.88 bits per heavy atom. The van der Waals surface area contributed by atoms with E-state index in [4.69, 9.17) is 4.74 Å². The molecule has 0 spiro atoms. The van der Waals surface area contributed by atoms with Crippen LogP contribution in [0.5, 0.6) is 5.75 Å². The van der Waals surface area contributed by atoms with Crippen molar-refractivity contribution in [2.45, 2.75) is 39.2 Å². The Morgan fingerprint density at radius 1 is 1.44 bits per heavy atom. The highest BCUT2D eigenvalue weighted by atomic mass is 16.5. The van der Waals surface area contributed by atoms with E-state index >= 15 is 0 Å². The number of hydrogen-bond acceptors (Lipinski definition) is 3. The number of nitrogens with zero attached hydrogens (tertiary/aromatic N) is 1. The molecule has 1 saturated heterocycles. The molecule has 2 fully saturated rings. The molecule has 25 heavy (non-hydrogen) atoms. The first-order valence-corrected chi connectivity index (χ1v) is 8.98. The summed E-state index contributed by atoms with van der Waals surface area (Å²) >= 11 is 0. The molecule has 6 nitrogen and oxygen atoms in total. The summed E-state index contributed by atoms with van der Waals surface area (Å²) in [5.74, 6) is 0.0694. The number of carbonyl (C=O) groups excluding carboxylic acids is 1. The number of carbonyl (C=O) groups is 2. The van der Waals surface area contributed by atoms with Crippen LogP contribution in [0.1, 0.15) is 44.7 Å². The minimum Gasteiger partial charge on any atom is -0.494 e. The molecule has 3 atom stereocenters. The van der Waals surface area contributed by atoms with E-state index < -0.39 is 11.4 Å². The smallest absolute Gasteiger partial charge is 0.317 e. The monoisotopic (exact) mass is 346 g/mol. The average molecular weight is 346 g/mol. The molecule has 0 radical (unpaired) electrons. The number of ether oxygens (including phenoxy) is 1. The van der Waals surface area contributed by atoms with E-state index in [1.807, 2.05) is 38.1 Å². The van der Waals surface area contributed by atoms with Crippen molar-refractivity contribution in [1.29, 1.82) is 0 Å².